The summed E-state index contributed by atoms with van der Waals surface area (Å²) in [7, 11) is 3.52. The van der Waals surface area contributed by atoms with Crippen molar-refractivity contribution in [3.8, 4) is 0 Å². The predicted molar refractivity (Wildman–Crippen MR) is 88.5 cm³/mol. The van der Waals surface area contributed by atoms with Gasteiger partial charge in [-0.2, -0.15) is 0 Å². The largest absolute Gasteiger partial charge is 0.397 e. The van der Waals surface area contributed by atoms with Crippen LogP contribution in [0.15, 0.2) is 18.2 Å². The summed E-state index contributed by atoms with van der Waals surface area (Å²) in [5, 5.41) is 3.56. The van der Waals surface area contributed by atoms with Crippen molar-refractivity contribution in [2.24, 2.45) is 11.8 Å². The molecule has 0 saturated heterocycles. The first-order valence-corrected chi connectivity index (χ1v) is 7.76. The van der Waals surface area contributed by atoms with Crippen LogP contribution in [0.5, 0.6) is 0 Å². The first-order valence-electron chi connectivity index (χ1n) is 7.76. The molecular weight excluding hydrogens is 262 g/mol. The molecule has 3 N–H and O–H groups in total. The quantitative estimate of drug-likeness (QED) is 0.840. The zero-order valence-electron chi connectivity index (χ0n) is 13.5. The van der Waals surface area contributed by atoms with Crippen molar-refractivity contribution >= 4 is 17.3 Å². The summed E-state index contributed by atoms with van der Waals surface area (Å²) >= 11 is 0. The summed E-state index contributed by atoms with van der Waals surface area (Å²) < 4.78 is 0. The number of carbonyl (C=O) groups excluding carboxylic acids is 1. The molecule has 0 spiro atoms. The maximum Gasteiger partial charge on any atom is 0.253 e. The molecular formula is C17H27N3O. The van der Waals surface area contributed by atoms with Gasteiger partial charge in [0, 0.05) is 25.7 Å². The van der Waals surface area contributed by atoms with Crippen LogP contribution in [0.25, 0.3) is 0 Å². The lowest BCUT2D eigenvalue weighted by atomic mass is 9.80. The number of nitrogen functional groups attached to an aromatic ring is 1. The molecule has 3 unspecified atom stereocenters. The normalized spacial score (nSPS) is 25.4. The zero-order valence-corrected chi connectivity index (χ0v) is 13.5. The molecule has 1 fully saturated rings. The van der Waals surface area contributed by atoms with Crippen LogP contribution in [0.2, 0.25) is 0 Å². The van der Waals surface area contributed by atoms with Crippen molar-refractivity contribution in [2.75, 3.05) is 25.1 Å². The highest BCUT2D eigenvalue weighted by atomic mass is 16.2. The zero-order chi connectivity index (χ0) is 15.6. The van der Waals surface area contributed by atoms with Crippen LogP contribution < -0.4 is 11.1 Å². The Hall–Kier alpha value is -1.71. The summed E-state index contributed by atoms with van der Waals surface area (Å²) in [5.74, 6) is 1.43. The van der Waals surface area contributed by atoms with Gasteiger partial charge < -0.3 is 16.0 Å². The molecule has 1 aromatic carbocycles. The minimum atomic E-state index is 0.00312. The second-order valence-corrected chi connectivity index (χ2v) is 6.65. The van der Waals surface area contributed by atoms with E-state index in [1.165, 1.54) is 12.8 Å². The molecule has 2 rings (SSSR count). The van der Waals surface area contributed by atoms with Gasteiger partial charge in [-0.15, -0.1) is 0 Å². The van der Waals surface area contributed by atoms with Gasteiger partial charge in [0.1, 0.15) is 0 Å². The molecule has 1 aliphatic carbocycles. The van der Waals surface area contributed by atoms with E-state index in [4.69, 9.17) is 5.73 Å². The van der Waals surface area contributed by atoms with E-state index in [2.05, 4.69) is 19.2 Å². The average Bonchev–Trinajstić information content (AvgIpc) is 2.43. The number of nitrogens with zero attached hydrogens (tertiary/aromatic N) is 1. The number of benzene rings is 1. The number of hydrogen-bond donors (Lipinski definition) is 2. The summed E-state index contributed by atoms with van der Waals surface area (Å²) in [6.07, 6.45) is 3.65. The summed E-state index contributed by atoms with van der Waals surface area (Å²) in [5.41, 5.74) is 8.33. The number of nitrogens with two attached hydrogens (primary N) is 1. The number of nitrogens with one attached hydrogen (secondary N) is 1. The van der Waals surface area contributed by atoms with Crippen LogP contribution in [-0.2, 0) is 0 Å². The lowest BCUT2D eigenvalue weighted by molar-refractivity contribution is 0.0827. The molecule has 4 nitrogen and oxygen atoms in total. The van der Waals surface area contributed by atoms with Crippen molar-refractivity contribution in [3.63, 3.8) is 0 Å². The third-order valence-corrected chi connectivity index (χ3v) is 4.48. The first-order chi connectivity index (χ1) is 9.88. The van der Waals surface area contributed by atoms with E-state index < -0.39 is 0 Å². The molecule has 21 heavy (non-hydrogen) atoms. The fraction of sp³-hybridized carbons (Fsp3) is 0.588. The Kier molecular flexibility index (Phi) is 4.76. The van der Waals surface area contributed by atoms with Crippen molar-refractivity contribution in [1.82, 2.24) is 4.90 Å². The number of carbonyl (C=O) groups is 1. The molecule has 0 heterocycles. The van der Waals surface area contributed by atoms with Gasteiger partial charge in [-0.25, -0.2) is 0 Å². The summed E-state index contributed by atoms with van der Waals surface area (Å²) in [6.45, 7) is 4.61. The maximum atomic E-state index is 12.1. The monoisotopic (exact) mass is 289 g/mol. The number of hydrogen-bond acceptors (Lipinski definition) is 3. The van der Waals surface area contributed by atoms with Gasteiger partial charge >= 0.3 is 0 Å². The standard InChI is InChI=1S/C17H27N3O/c1-11-5-8-15(12(2)9-11)19-16-10-13(6-7-14(16)18)17(21)20(3)4/h6-7,10-12,15,19H,5,8-9,18H2,1-4H3. The fourth-order valence-corrected chi connectivity index (χ4v) is 3.15. The van der Waals surface area contributed by atoms with Crippen LogP contribution in [-0.4, -0.2) is 30.9 Å². The van der Waals surface area contributed by atoms with Crippen LogP contribution in [0.3, 0.4) is 0 Å². The Morgan fingerprint density at radius 3 is 2.62 bits per heavy atom. The molecule has 1 amide bonds. The molecule has 1 aliphatic rings. The molecule has 0 aliphatic heterocycles. The Morgan fingerprint density at radius 2 is 2.00 bits per heavy atom. The predicted octanol–water partition coefficient (Wildman–Crippen LogP) is 3.21. The van der Waals surface area contributed by atoms with Crippen LogP contribution in [0.4, 0.5) is 11.4 Å². The van der Waals surface area contributed by atoms with Gasteiger partial charge in [0.2, 0.25) is 0 Å². The molecule has 1 aromatic rings. The second-order valence-electron chi connectivity index (χ2n) is 6.65. The minimum absolute atomic E-state index is 0.00312. The van der Waals surface area contributed by atoms with Crippen LogP contribution in [0, 0.1) is 11.8 Å². The topological polar surface area (TPSA) is 58.4 Å². The minimum Gasteiger partial charge on any atom is -0.397 e. The van der Waals surface area contributed by atoms with Gasteiger partial charge in [-0.05, 0) is 49.3 Å². The summed E-state index contributed by atoms with van der Waals surface area (Å²) in [6, 6.07) is 5.92. The van der Waals surface area contributed by atoms with E-state index >= 15 is 0 Å². The Labute approximate surface area is 127 Å². The van der Waals surface area contributed by atoms with Gasteiger partial charge in [-0.3, -0.25) is 4.79 Å². The third-order valence-electron chi connectivity index (χ3n) is 4.48. The highest BCUT2D eigenvalue weighted by Crippen LogP contribution is 2.32. The Morgan fingerprint density at radius 1 is 1.29 bits per heavy atom. The van der Waals surface area contributed by atoms with Crippen molar-refractivity contribution < 1.29 is 4.79 Å². The lowest BCUT2D eigenvalue weighted by Crippen LogP contribution is -2.33. The van der Waals surface area contributed by atoms with E-state index in [1.807, 2.05) is 12.1 Å². The van der Waals surface area contributed by atoms with Crippen molar-refractivity contribution in [2.45, 2.75) is 39.2 Å². The summed E-state index contributed by atoms with van der Waals surface area (Å²) in [4.78, 5) is 13.6. The van der Waals surface area contributed by atoms with E-state index in [0.717, 1.165) is 18.0 Å². The highest BCUT2D eigenvalue weighted by Gasteiger charge is 2.25. The van der Waals surface area contributed by atoms with Gasteiger partial charge in [-0.1, -0.05) is 13.8 Å². The molecule has 0 aromatic heterocycles. The van der Waals surface area contributed by atoms with E-state index in [1.54, 1.807) is 25.1 Å². The Balaban J connectivity index is 2.16. The van der Waals surface area contributed by atoms with E-state index in [-0.39, 0.29) is 5.91 Å². The fourth-order valence-electron chi connectivity index (χ4n) is 3.15. The molecule has 3 atom stereocenters. The van der Waals surface area contributed by atoms with Gasteiger partial charge in [0.05, 0.1) is 11.4 Å². The second kappa shape index (κ2) is 6.37. The molecule has 116 valence electrons. The van der Waals surface area contributed by atoms with E-state index in [9.17, 15) is 4.79 Å². The lowest BCUT2D eigenvalue weighted by Gasteiger charge is -2.34. The SMILES string of the molecule is CC1CCC(Nc2cc(C(=O)N(C)C)ccc2N)C(C)C1. The molecule has 0 radical (unpaired) electrons. The number of rotatable bonds is 3. The molecule has 4 heteroatoms. The number of amides is 1. The highest BCUT2D eigenvalue weighted by molar-refractivity contribution is 5.95. The van der Waals surface area contributed by atoms with Gasteiger partial charge in [0.25, 0.3) is 5.91 Å². The smallest absolute Gasteiger partial charge is 0.253 e. The van der Waals surface area contributed by atoms with Crippen LogP contribution >= 0.6 is 0 Å². The third kappa shape index (κ3) is 3.69. The van der Waals surface area contributed by atoms with Crippen molar-refractivity contribution in [3.05, 3.63) is 23.8 Å². The first kappa shape index (κ1) is 15.7. The molecule has 1 saturated carbocycles. The van der Waals surface area contributed by atoms with E-state index in [0.29, 0.717) is 23.2 Å². The Bertz CT molecular complexity index is 513. The average molecular weight is 289 g/mol. The van der Waals surface area contributed by atoms with Crippen LogP contribution in [0.1, 0.15) is 43.5 Å². The number of anilines is 2. The molecule has 0 bridgehead atoms. The van der Waals surface area contributed by atoms with Gasteiger partial charge in [0.15, 0.2) is 0 Å². The van der Waals surface area contributed by atoms with Crippen molar-refractivity contribution in [1.29, 1.82) is 0 Å². The maximum absolute atomic E-state index is 12.1.